The van der Waals surface area contributed by atoms with Gasteiger partial charge in [0.2, 0.25) is 0 Å². The highest BCUT2D eigenvalue weighted by atomic mass is 16.6. The number of aliphatic hydroxyl groups is 2. The van der Waals surface area contributed by atoms with E-state index in [1.165, 1.54) is 0 Å². The van der Waals surface area contributed by atoms with Gasteiger partial charge in [-0.05, 0) is 56.3 Å². The summed E-state index contributed by atoms with van der Waals surface area (Å²) in [5, 5.41) is 16.4. The van der Waals surface area contributed by atoms with E-state index in [2.05, 4.69) is 47.4 Å². The van der Waals surface area contributed by atoms with Gasteiger partial charge in [-0.2, -0.15) is 0 Å². The summed E-state index contributed by atoms with van der Waals surface area (Å²) in [6.07, 6.45) is -0.215. The van der Waals surface area contributed by atoms with Crippen LogP contribution in [0.5, 0.6) is 0 Å². The van der Waals surface area contributed by atoms with Gasteiger partial charge in [0.05, 0.1) is 6.61 Å². The number of nitrogens with zero attached hydrogens (tertiary/aromatic N) is 1. The van der Waals surface area contributed by atoms with Gasteiger partial charge in [0.15, 0.2) is 0 Å². The Labute approximate surface area is 132 Å². The van der Waals surface area contributed by atoms with E-state index >= 15 is 0 Å². The maximum atomic E-state index is 10.9. The van der Waals surface area contributed by atoms with Gasteiger partial charge in [-0.3, -0.25) is 0 Å². The highest BCUT2D eigenvalue weighted by Gasteiger charge is 2.07. The lowest BCUT2D eigenvalue weighted by atomic mass is 10.5. The Morgan fingerprint density at radius 2 is 1.27 bits per heavy atom. The van der Waals surface area contributed by atoms with E-state index in [0.29, 0.717) is 6.61 Å². The molecule has 118 valence electrons. The maximum absolute atomic E-state index is 10.9. The lowest BCUT2D eigenvalue weighted by molar-refractivity contribution is 0.111. The summed E-state index contributed by atoms with van der Waals surface area (Å²) in [5.74, 6) is 19.0. The number of ether oxygens (including phenoxy) is 1. The van der Waals surface area contributed by atoms with Crippen LogP contribution in [-0.2, 0) is 4.74 Å². The fraction of sp³-hybridized carbons (Fsp3) is 0.471. The van der Waals surface area contributed by atoms with Gasteiger partial charge in [-0.1, -0.05) is 11.8 Å². The number of amides is 1. The van der Waals surface area contributed by atoms with Crippen LogP contribution in [0.1, 0.15) is 20.8 Å². The fourth-order valence-electron chi connectivity index (χ4n) is 0.989. The van der Waals surface area contributed by atoms with Crippen LogP contribution in [0.25, 0.3) is 0 Å². The number of aliphatic hydroxyl groups excluding tert-OH is 2. The van der Waals surface area contributed by atoms with Crippen LogP contribution >= 0.6 is 0 Å². The zero-order valence-electron chi connectivity index (χ0n) is 13.2. The maximum Gasteiger partial charge on any atom is 0.409 e. The largest absolute Gasteiger partial charge is 0.450 e. The first kappa shape index (κ1) is 21.7. The molecule has 0 spiro atoms. The number of carbonyl (C=O) groups excluding carboxylic acids is 1. The molecular formula is C17H21NO4. The zero-order chi connectivity index (χ0) is 17.1. The van der Waals surface area contributed by atoms with Crippen molar-refractivity contribution in [3.63, 3.8) is 0 Å². The highest BCUT2D eigenvalue weighted by Crippen LogP contribution is 1.91. The third-order valence-corrected chi connectivity index (χ3v) is 1.94. The molecule has 1 amide bonds. The summed E-state index contributed by atoms with van der Waals surface area (Å²) in [6.45, 7) is 7.15. The third kappa shape index (κ3) is 15.5. The summed E-state index contributed by atoms with van der Waals surface area (Å²) in [5.41, 5.74) is 0. The SMILES string of the molecule is CCOC(=O)N(CC)CC.OCC#CC#CC#CC#CCO. The average Bonchev–Trinajstić information content (AvgIpc) is 2.52. The standard InChI is InChI=1S/C10H6O2.C7H15NO2/c11-9-7-5-3-1-2-4-6-8-10-12;1-4-8(5-2)7(9)10-6-3/h11-12H,9-10H2;4-6H2,1-3H3. The second kappa shape index (κ2) is 18.4. The Kier molecular flexibility index (Phi) is 18.2. The van der Waals surface area contributed by atoms with Crippen molar-refractivity contribution >= 4 is 6.09 Å². The molecule has 0 aliphatic heterocycles. The molecule has 0 saturated carbocycles. The molecule has 22 heavy (non-hydrogen) atoms. The fourth-order valence-corrected chi connectivity index (χ4v) is 0.989. The Morgan fingerprint density at radius 1 is 0.864 bits per heavy atom. The minimum absolute atomic E-state index is 0.202. The van der Waals surface area contributed by atoms with Crippen LogP contribution < -0.4 is 0 Å². The van der Waals surface area contributed by atoms with Gasteiger partial charge in [-0.15, -0.1) is 0 Å². The Morgan fingerprint density at radius 3 is 1.59 bits per heavy atom. The molecule has 0 fully saturated rings. The average molecular weight is 303 g/mol. The molecule has 5 nitrogen and oxygen atoms in total. The van der Waals surface area contributed by atoms with Crippen molar-refractivity contribution in [1.82, 2.24) is 4.90 Å². The van der Waals surface area contributed by atoms with Crippen molar-refractivity contribution in [3.05, 3.63) is 0 Å². The van der Waals surface area contributed by atoms with E-state index in [1.807, 2.05) is 13.8 Å². The van der Waals surface area contributed by atoms with Crippen LogP contribution in [0.15, 0.2) is 0 Å². The Hall–Kier alpha value is -2.57. The lowest BCUT2D eigenvalue weighted by Gasteiger charge is -2.16. The highest BCUT2D eigenvalue weighted by molar-refractivity contribution is 5.67. The number of rotatable bonds is 3. The van der Waals surface area contributed by atoms with Gasteiger partial charge < -0.3 is 19.8 Å². The summed E-state index contributed by atoms with van der Waals surface area (Å²) in [6, 6.07) is 0. The minimum Gasteiger partial charge on any atom is -0.450 e. The van der Waals surface area contributed by atoms with Crippen molar-refractivity contribution in [2.75, 3.05) is 32.9 Å². The first-order valence-corrected chi connectivity index (χ1v) is 6.76. The molecule has 0 aliphatic carbocycles. The molecule has 0 aromatic heterocycles. The Balaban J connectivity index is 0. The topological polar surface area (TPSA) is 70.0 Å². The van der Waals surface area contributed by atoms with Crippen molar-refractivity contribution in [1.29, 1.82) is 0 Å². The normalized spacial score (nSPS) is 6.95. The molecule has 2 N–H and O–H groups in total. The molecule has 0 radical (unpaired) electrons. The zero-order valence-corrected chi connectivity index (χ0v) is 13.2. The van der Waals surface area contributed by atoms with E-state index in [1.54, 1.807) is 11.8 Å². The van der Waals surface area contributed by atoms with Crippen LogP contribution in [0.3, 0.4) is 0 Å². The van der Waals surface area contributed by atoms with Gasteiger partial charge in [-0.25, -0.2) is 4.79 Å². The summed E-state index contributed by atoms with van der Waals surface area (Å²) >= 11 is 0. The van der Waals surface area contributed by atoms with Gasteiger partial charge in [0.25, 0.3) is 0 Å². The van der Waals surface area contributed by atoms with Gasteiger partial charge in [0.1, 0.15) is 13.2 Å². The molecule has 0 saturated heterocycles. The Bertz CT molecular complexity index is 496. The molecule has 0 bridgehead atoms. The molecular weight excluding hydrogens is 282 g/mol. The molecule has 5 heteroatoms. The van der Waals surface area contributed by atoms with Crippen LogP contribution in [0.4, 0.5) is 4.79 Å². The van der Waals surface area contributed by atoms with Crippen LogP contribution in [0.2, 0.25) is 0 Å². The first-order chi connectivity index (χ1) is 10.7. The molecule has 0 aliphatic rings. The third-order valence-electron chi connectivity index (χ3n) is 1.94. The van der Waals surface area contributed by atoms with Crippen molar-refractivity contribution < 1.29 is 19.7 Å². The van der Waals surface area contributed by atoms with Crippen molar-refractivity contribution in [2.45, 2.75) is 20.8 Å². The van der Waals surface area contributed by atoms with E-state index in [4.69, 9.17) is 14.9 Å². The summed E-state index contributed by atoms with van der Waals surface area (Å²) in [4.78, 5) is 12.6. The van der Waals surface area contributed by atoms with Crippen molar-refractivity contribution in [3.8, 4) is 47.4 Å². The predicted molar refractivity (Wildman–Crippen MR) is 85.2 cm³/mol. The van der Waals surface area contributed by atoms with Crippen molar-refractivity contribution in [2.24, 2.45) is 0 Å². The first-order valence-electron chi connectivity index (χ1n) is 6.76. The molecule has 0 heterocycles. The minimum atomic E-state index is -0.215. The molecule has 0 rings (SSSR count). The van der Waals surface area contributed by atoms with Gasteiger partial charge in [0, 0.05) is 13.1 Å². The number of carbonyl (C=O) groups is 1. The summed E-state index contributed by atoms with van der Waals surface area (Å²) in [7, 11) is 0. The molecule has 0 aromatic carbocycles. The lowest BCUT2D eigenvalue weighted by Crippen LogP contribution is -2.30. The second-order valence-electron chi connectivity index (χ2n) is 3.29. The summed E-state index contributed by atoms with van der Waals surface area (Å²) < 4.78 is 4.77. The van der Waals surface area contributed by atoms with Crippen LogP contribution in [0, 0.1) is 47.4 Å². The van der Waals surface area contributed by atoms with E-state index in [0.717, 1.165) is 13.1 Å². The predicted octanol–water partition coefficient (Wildman–Crippen LogP) is 0.469. The monoisotopic (exact) mass is 303 g/mol. The van der Waals surface area contributed by atoms with E-state index in [-0.39, 0.29) is 19.3 Å². The molecule has 0 unspecified atom stereocenters. The smallest absolute Gasteiger partial charge is 0.409 e. The van der Waals surface area contributed by atoms with E-state index in [9.17, 15) is 4.79 Å². The van der Waals surface area contributed by atoms with Crippen LogP contribution in [-0.4, -0.2) is 54.1 Å². The number of hydrogen-bond acceptors (Lipinski definition) is 4. The number of hydrogen-bond donors (Lipinski definition) is 2. The van der Waals surface area contributed by atoms with E-state index < -0.39 is 0 Å². The quantitative estimate of drug-likeness (QED) is 0.744. The molecule has 0 aromatic rings. The molecule has 0 atom stereocenters. The second-order valence-corrected chi connectivity index (χ2v) is 3.29. The van der Waals surface area contributed by atoms with Gasteiger partial charge >= 0.3 is 6.09 Å².